The van der Waals surface area contributed by atoms with E-state index in [-0.39, 0.29) is 40.7 Å². The molecule has 0 radical (unpaired) electrons. The Labute approximate surface area is 249 Å². The summed E-state index contributed by atoms with van der Waals surface area (Å²) in [6, 6.07) is -1.43. The van der Waals surface area contributed by atoms with Crippen LogP contribution in [0, 0.1) is 23.6 Å². The normalized spacial score (nSPS) is 20.3. The first-order valence-corrected chi connectivity index (χ1v) is 14.6. The topological polar surface area (TPSA) is 108 Å². The lowest BCUT2D eigenvalue weighted by molar-refractivity contribution is -0.150. The van der Waals surface area contributed by atoms with Crippen LogP contribution in [0.3, 0.4) is 0 Å². The predicted octanol–water partition coefficient (Wildman–Crippen LogP) is 5.43. The molecule has 5 rings (SSSR count). The van der Waals surface area contributed by atoms with Gasteiger partial charge in [0, 0.05) is 18.7 Å². The lowest BCUT2D eigenvalue weighted by Gasteiger charge is -2.29. The van der Waals surface area contributed by atoms with Crippen molar-refractivity contribution in [3.05, 3.63) is 47.5 Å². The number of halogens is 6. The molecular weight excluding hydrogens is 594 g/mol. The molecule has 1 saturated heterocycles. The van der Waals surface area contributed by atoms with E-state index in [1.165, 1.54) is 16.9 Å². The minimum absolute atomic E-state index is 0.117. The Morgan fingerprint density at radius 2 is 1.75 bits per heavy atom. The van der Waals surface area contributed by atoms with E-state index in [0.29, 0.717) is 4.90 Å². The van der Waals surface area contributed by atoms with Gasteiger partial charge in [0.05, 0.1) is 18.3 Å². The average Bonchev–Trinajstić information content (AvgIpc) is 3.87. The van der Waals surface area contributed by atoms with Gasteiger partial charge in [-0.2, -0.15) is 18.3 Å². The molecule has 2 saturated carbocycles. The van der Waals surface area contributed by atoms with Crippen LogP contribution < -0.4 is 16.0 Å². The summed E-state index contributed by atoms with van der Waals surface area (Å²) in [6.07, 6.45) is -3.73. The van der Waals surface area contributed by atoms with Crippen LogP contribution in [0.2, 0.25) is 0 Å². The number of rotatable bonds is 12. The number of nitrogens with one attached hydrogen (secondary N) is 3. The minimum atomic E-state index is -4.79. The van der Waals surface area contributed by atoms with Gasteiger partial charge < -0.3 is 20.9 Å². The maximum Gasteiger partial charge on any atom is 0.410 e. The first kappa shape index (κ1) is 31.6. The summed E-state index contributed by atoms with van der Waals surface area (Å²) in [6.45, 7) is 2.79. The van der Waals surface area contributed by atoms with Crippen LogP contribution in [0.15, 0.2) is 30.5 Å². The number of carbonyl (C=O) groups is 3. The largest absolute Gasteiger partial charge is 0.410 e. The number of hydrogen-bond donors (Lipinski definition) is 3. The SMILES string of the molecule is CC(C)n1nccc1C(=O)N[C@H](C(=O)Nc1ccc([C@@H](CC(F)F)N2C[C@@H](C(F)(F)F)NC2=O)cc1F)C(C1CC1)C1CC1. The number of benzene rings is 1. The second kappa shape index (κ2) is 12.3. The first-order valence-electron chi connectivity index (χ1n) is 14.6. The van der Waals surface area contributed by atoms with Gasteiger partial charge in [0.15, 0.2) is 0 Å². The van der Waals surface area contributed by atoms with Gasteiger partial charge in [-0.05, 0) is 81.0 Å². The standard InChI is InChI=1S/C29H34F6N6O3/c1-14(2)41-20(9-10-36-41)26(42)39-25(24(15-3-4-15)16-5-6-16)27(43)37-19-8-7-17(11-18(19)30)21(12-23(31)32)40-13-22(29(33,34)35)38-28(40)44/h7-11,14-16,21-25H,3-6,12-13H2,1-2H3,(H,37,43)(H,38,44)(H,39,42)/t21-,22+,25+/m1/s1. The van der Waals surface area contributed by atoms with Crippen LogP contribution >= 0.6 is 0 Å². The maximum atomic E-state index is 15.4. The van der Waals surface area contributed by atoms with Crippen LogP contribution in [-0.2, 0) is 4.79 Å². The van der Waals surface area contributed by atoms with Crippen molar-refractivity contribution in [1.29, 1.82) is 0 Å². The maximum absolute atomic E-state index is 15.4. The van der Waals surface area contributed by atoms with Gasteiger partial charge in [-0.25, -0.2) is 18.0 Å². The number of amides is 4. The fourth-order valence-electron chi connectivity index (χ4n) is 6.02. The highest BCUT2D eigenvalue weighted by atomic mass is 19.4. The van der Waals surface area contributed by atoms with Gasteiger partial charge in [-0.1, -0.05) is 6.07 Å². The third kappa shape index (κ3) is 6.96. The Bertz CT molecular complexity index is 1380. The molecule has 44 heavy (non-hydrogen) atoms. The molecule has 240 valence electrons. The number of carbonyl (C=O) groups excluding carboxylic acids is 3. The Morgan fingerprint density at radius 3 is 2.27 bits per heavy atom. The summed E-state index contributed by atoms with van der Waals surface area (Å²) in [5, 5.41) is 11.3. The van der Waals surface area contributed by atoms with Crippen LogP contribution in [0.4, 0.5) is 36.8 Å². The summed E-state index contributed by atoms with van der Waals surface area (Å²) >= 11 is 0. The number of hydrogen-bond acceptors (Lipinski definition) is 4. The van der Waals surface area contributed by atoms with Crippen LogP contribution in [0.1, 0.15) is 74.1 Å². The molecule has 3 N–H and O–H groups in total. The van der Waals surface area contributed by atoms with Gasteiger partial charge in [0.25, 0.3) is 5.91 Å². The van der Waals surface area contributed by atoms with Crippen molar-refractivity contribution in [1.82, 2.24) is 25.3 Å². The number of aromatic nitrogens is 2. The van der Waals surface area contributed by atoms with Gasteiger partial charge in [0.1, 0.15) is 23.6 Å². The van der Waals surface area contributed by atoms with Crippen molar-refractivity contribution < 1.29 is 40.7 Å². The Balaban J connectivity index is 1.37. The molecule has 15 heteroatoms. The Kier molecular flexibility index (Phi) is 8.85. The number of urea groups is 1. The van der Waals surface area contributed by atoms with Crippen molar-refractivity contribution in [2.45, 2.75) is 82.7 Å². The zero-order chi connectivity index (χ0) is 31.9. The molecule has 2 heterocycles. The lowest BCUT2D eigenvalue weighted by atomic mass is 9.88. The Morgan fingerprint density at radius 1 is 1.09 bits per heavy atom. The monoisotopic (exact) mass is 628 g/mol. The lowest BCUT2D eigenvalue weighted by Crippen LogP contribution is -2.50. The van der Waals surface area contributed by atoms with Crippen molar-refractivity contribution in [2.75, 3.05) is 11.9 Å². The summed E-state index contributed by atoms with van der Waals surface area (Å²) in [7, 11) is 0. The second-order valence-corrected chi connectivity index (χ2v) is 12.0. The highest BCUT2D eigenvalue weighted by Crippen LogP contribution is 2.51. The van der Waals surface area contributed by atoms with Crippen molar-refractivity contribution in [3.8, 4) is 0 Å². The third-order valence-corrected chi connectivity index (χ3v) is 8.43. The van der Waals surface area contributed by atoms with Gasteiger partial charge >= 0.3 is 12.2 Å². The van der Waals surface area contributed by atoms with Crippen LogP contribution in [-0.4, -0.2) is 63.8 Å². The molecule has 2 aromatic rings. The van der Waals surface area contributed by atoms with Gasteiger partial charge in [0.2, 0.25) is 12.3 Å². The average molecular weight is 629 g/mol. The summed E-state index contributed by atoms with van der Waals surface area (Å²) in [5.41, 5.74) is -0.188. The number of nitrogens with zero attached hydrogens (tertiary/aromatic N) is 3. The second-order valence-electron chi connectivity index (χ2n) is 12.0. The molecule has 3 aliphatic rings. The van der Waals surface area contributed by atoms with E-state index >= 15 is 4.39 Å². The van der Waals surface area contributed by atoms with Gasteiger partial charge in [-0.15, -0.1) is 0 Å². The molecule has 0 unspecified atom stereocenters. The van der Waals surface area contributed by atoms with Crippen molar-refractivity contribution in [2.24, 2.45) is 17.8 Å². The Hall–Kier alpha value is -3.78. The molecule has 1 aromatic heterocycles. The number of anilines is 1. The fourth-order valence-corrected chi connectivity index (χ4v) is 6.02. The molecule has 1 aliphatic heterocycles. The molecule has 3 fully saturated rings. The first-order chi connectivity index (χ1) is 20.7. The van der Waals surface area contributed by atoms with Crippen LogP contribution in [0.5, 0.6) is 0 Å². The van der Waals surface area contributed by atoms with E-state index in [4.69, 9.17) is 0 Å². The van der Waals surface area contributed by atoms with E-state index in [1.807, 2.05) is 13.8 Å². The highest BCUT2D eigenvalue weighted by Gasteiger charge is 2.50. The molecule has 0 bridgehead atoms. The smallest absolute Gasteiger partial charge is 0.339 e. The summed E-state index contributed by atoms with van der Waals surface area (Å²) in [5.74, 6) is -1.90. The van der Waals surface area contributed by atoms with Gasteiger partial charge in [-0.3, -0.25) is 14.3 Å². The van der Waals surface area contributed by atoms with Crippen molar-refractivity contribution >= 4 is 23.5 Å². The zero-order valence-corrected chi connectivity index (χ0v) is 24.1. The van der Waals surface area contributed by atoms with E-state index in [2.05, 4.69) is 15.7 Å². The summed E-state index contributed by atoms with van der Waals surface area (Å²) in [4.78, 5) is 39.9. The fraction of sp³-hybridized carbons (Fsp3) is 0.586. The van der Waals surface area contributed by atoms with Crippen LogP contribution in [0.25, 0.3) is 0 Å². The quantitative estimate of drug-likeness (QED) is 0.273. The number of alkyl halides is 5. The molecule has 2 aliphatic carbocycles. The van der Waals surface area contributed by atoms with E-state index in [0.717, 1.165) is 37.8 Å². The highest BCUT2D eigenvalue weighted by molar-refractivity contribution is 6.01. The molecule has 0 spiro atoms. The molecular formula is C29H34F6N6O3. The summed E-state index contributed by atoms with van der Waals surface area (Å²) < 4.78 is 83.4. The zero-order valence-electron chi connectivity index (χ0n) is 24.1. The van der Waals surface area contributed by atoms with E-state index in [9.17, 15) is 36.3 Å². The molecule has 1 aromatic carbocycles. The van der Waals surface area contributed by atoms with Crippen molar-refractivity contribution in [3.63, 3.8) is 0 Å². The molecule has 9 nitrogen and oxygen atoms in total. The van der Waals surface area contributed by atoms with E-state index in [1.54, 1.807) is 11.4 Å². The van der Waals surface area contributed by atoms with E-state index < -0.39 is 67.4 Å². The minimum Gasteiger partial charge on any atom is -0.339 e. The molecule has 3 atom stereocenters. The third-order valence-electron chi connectivity index (χ3n) is 8.43. The molecule has 4 amide bonds. The predicted molar refractivity (Wildman–Crippen MR) is 146 cm³/mol.